The molecule has 2 aromatic rings. The van der Waals surface area contributed by atoms with Crippen molar-refractivity contribution in [3.63, 3.8) is 0 Å². The summed E-state index contributed by atoms with van der Waals surface area (Å²) >= 11 is 3.49. The van der Waals surface area contributed by atoms with Crippen LogP contribution in [0.1, 0.15) is 25.5 Å². The molecule has 1 unspecified atom stereocenters. The van der Waals surface area contributed by atoms with Crippen molar-refractivity contribution < 1.29 is 5.11 Å². The van der Waals surface area contributed by atoms with Gasteiger partial charge in [-0.1, -0.05) is 6.92 Å². The molecule has 22 heavy (non-hydrogen) atoms. The Balaban J connectivity index is 1.75. The molecule has 0 spiro atoms. The highest BCUT2D eigenvalue weighted by molar-refractivity contribution is 9.10. The Morgan fingerprint density at radius 3 is 2.73 bits per heavy atom. The van der Waals surface area contributed by atoms with Crippen molar-refractivity contribution >= 4 is 27.1 Å². The highest BCUT2D eigenvalue weighted by Gasteiger charge is 2.44. The number of hydrogen-bond donors (Lipinski definition) is 1. The minimum Gasteiger partial charge on any atom is -0.480 e. The molecule has 2 bridgehead atoms. The van der Waals surface area contributed by atoms with E-state index in [0.29, 0.717) is 0 Å². The first kappa shape index (κ1) is 14.5. The molecule has 1 atom stereocenters. The van der Waals surface area contributed by atoms with Crippen LogP contribution < -0.4 is 0 Å². The number of fused-ring (bicyclic) bond motifs is 4. The van der Waals surface area contributed by atoms with Crippen LogP contribution >= 0.6 is 15.9 Å². The number of pyridine rings is 1. The predicted octanol–water partition coefficient (Wildman–Crippen LogP) is 2.94. The van der Waals surface area contributed by atoms with Gasteiger partial charge in [0.15, 0.2) is 5.65 Å². The maximum Gasteiger partial charge on any atom is 0.296 e. The van der Waals surface area contributed by atoms with E-state index in [0.717, 1.165) is 40.3 Å². The highest BCUT2D eigenvalue weighted by atomic mass is 79.9. The summed E-state index contributed by atoms with van der Waals surface area (Å²) in [5.74, 6) is 0.728. The number of aromatic nitrogens is 3. The van der Waals surface area contributed by atoms with Gasteiger partial charge in [0.1, 0.15) is 5.52 Å². The van der Waals surface area contributed by atoms with Gasteiger partial charge >= 0.3 is 0 Å². The zero-order chi connectivity index (χ0) is 15.5. The molecule has 5 rings (SSSR count). The minimum atomic E-state index is 0.0812. The van der Waals surface area contributed by atoms with Crippen molar-refractivity contribution in [3.8, 4) is 6.01 Å². The largest absolute Gasteiger partial charge is 0.480 e. The average Bonchev–Trinajstić information content (AvgIpc) is 2.76. The van der Waals surface area contributed by atoms with Crippen LogP contribution in [0.15, 0.2) is 10.5 Å². The van der Waals surface area contributed by atoms with Gasteiger partial charge in [-0.2, -0.15) is 4.98 Å². The van der Waals surface area contributed by atoms with Gasteiger partial charge < -0.3 is 10.0 Å². The van der Waals surface area contributed by atoms with Crippen LogP contribution in [-0.4, -0.2) is 44.2 Å². The van der Waals surface area contributed by atoms with Crippen molar-refractivity contribution in [2.75, 3.05) is 19.6 Å². The van der Waals surface area contributed by atoms with Gasteiger partial charge in [-0.25, -0.2) is 4.98 Å². The van der Waals surface area contributed by atoms with Crippen LogP contribution in [0.3, 0.4) is 0 Å². The lowest BCUT2D eigenvalue weighted by Crippen LogP contribution is -2.54. The molecular formula is C16H21BrN4O. The Hall–Kier alpha value is -1.14. The second-order valence-corrected chi connectivity index (χ2v) is 7.96. The van der Waals surface area contributed by atoms with E-state index in [1.54, 1.807) is 0 Å². The van der Waals surface area contributed by atoms with E-state index in [-0.39, 0.29) is 11.4 Å². The average molecular weight is 365 g/mol. The van der Waals surface area contributed by atoms with Crippen molar-refractivity contribution in [2.45, 2.75) is 33.2 Å². The summed E-state index contributed by atoms with van der Waals surface area (Å²) in [6.45, 7) is 8.65. The SMILES string of the molecule is Cc1nc2c(cc1Br)nc(O)n2CC1(C)CN2CCC1CC2. The molecule has 0 amide bonds. The topological polar surface area (TPSA) is 54.2 Å². The number of halogens is 1. The third kappa shape index (κ3) is 2.15. The van der Waals surface area contributed by atoms with Gasteiger partial charge in [0.25, 0.3) is 6.01 Å². The summed E-state index contributed by atoms with van der Waals surface area (Å²) in [6, 6.07) is 2.02. The quantitative estimate of drug-likeness (QED) is 0.889. The molecule has 5 nitrogen and oxygen atoms in total. The van der Waals surface area contributed by atoms with E-state index in [1.165, 1.54) is 25.9 Å². The van der Waals surface area contributed by atoms with E-state index >= 15 is 0 Å². The second kappa shape index (κ2) is 4.93. The summed E-state index contributed by atoms with van der Waals surface area (Å²) in [4.78, 5) is 11.5. The van der Waals surface area contributed by atoms with Crippen molar-refractivity contribution in [2.24, 2.45) is 11.3 Å². The van der Waals surface area contributed by atoms with Crippen molar-refractivity contribution in [1.82, 2.24) is 19.4 Å². The molecule has 0 aliphatic carbocycles. The molecule has 3 fully saturated rings. The zero-order valence-corrected chi connectivity index (χ0v) is 14.6. The van der Waals surface area contributed by atoms with E-state index in [1.807, 2.05) is 17.6 Å². The molecule has 3 aliphatic heterocycles. The van der Waals surface area contributed by atoms with Gasteiger partial charge in [0.2, 0.25) is 0 Å². The molecule has 5 heterocycles. The molecule has 2 aromatic heterocycles. The summed E-state index contributed by atoms with van der Waals surface area (Å²) < 4.78 is 2.83. The van der Waals surface area contributed by atoms with Crippen LogP contribution in [0, 0.1) is 18.3 Å². The molecule has 6 heteroatoms. The molecule has 118 valence electrons. The maximum atomic E-state index is 10.3. The fourth-order valence-corrected chi connectivity index (χ4v) is 4.52. The normalized spacial score (nSPS) is 31.0. The standard InChI is InChI=1S/C16H21BrN4O/c1-10-12(17)7-13-14(18-10)21(15(22)19-13)9-16(2)8-20-5-3-11(16)4-6-20/h7,11H,3-6,8-9H2,1-2H3,(H,19,22). The monoisotopic (exact) mass is 364 g/mol. The summed E-state index contributed by atoms with van der Waals surface area (Å²) in [7, 11) is 0. The van der Waals surface area contributed by atoms with Crippen LogP contribution in [0.4, 0.5) is 0 Å². The van der Waals surface area contributed by atoms with Crippen LogP contribution in [0.5, 0.6) is 6.01 Å². The van der Waals surface area contributed by atoms with Gasteiger partial charge in [0, 0.05) is 23.0 Å². The van der Waals surface area contributed by atoms with E-state index < -0.39 is 0 Å². The lowest BCUT2D eigenvalue weighted by molar-refractivity contribution is -0.0279. The van der Waals surface area contributed by atoms with Crippen molar-refractivity contribution in [1.29, 1.82) is 0 Å². The third-order valence-corrected chi connectivity index (χ3v) is 6.31. The summed E-state index contributed by atoms with van der Waals surface area (Å²) in [6.07, 6.45) is 2.53. The molecule has 0 radical (unpaired) electrons. The summed E-state index contributed by atoms with van der Waals surface area (Å²) in [5, 5.41) is 10.3. The Morgan fingerprint density at radius 2 is 2.09 bits per heavy atom. The Kier molecular flexibility index (Phi) is 3.24. The Morgan fingerprint density at radius 1 is 1.36 bits per heavy atom. The smallest absolute Gasteiger partial charge is 0.296 e. The second-order valence-electron chi connectivity index (χ2n) is 7.10. The molecule has 0 saturated carbocycles. The first-order valence-electron chi connectivity index (χ1n) is 7.91. The highest BCUT2D eigenvalue weighted by Crippen LogP contribution is 2.44. The first-order chi connectivity index (χ1) is 10.5. The van der Waals surface area contributed by atoms with E-state index in [9.17, 15) is 5.11 Å². The minimum absolute atomic E-state index is 0.0812. The van der Waals surface area contributed by atoms with E-state index in [4.69, 9.17) is 0 Å². The lowest BCUT2D eigenvalue weighted by atomic mass is 9.68. The maximum absolute atomic E-state index is 10.3. The number of imidazole rings is 1. The van der Waals surface area contributed by atoms with Gasteiger partial charge in [0.05, 0.1) is 5.69 Å². The van der Waals surface area contributed by atoms with Crippen LogP contribution in [0.2, 0.25) is 0 Å². The zero-order valence-electron chi connectivity index (χ0n) is 13.0. The van der Waals surface area contributed by atoms with E-state index in [2.05, 4.69) is 37.7 Å². The summed E-state index contributed by atoms with van der Waals surface area (Å²) in [5.41, 5.74) is 2.65. The fraction of sp³-hybridized carbons (Fsp3) is 0.625. The Labute approximate surface area is 138 Å². The predicted molar refractivity (Wildman–Crippen MR) is 88.9 cm³/mol. The third-order valence-electron chi connectivity index (χ3n) is 5.51. The molecule has 1 N–H and O–H groups in total. The molecular weight excluding hydrogens is 344 g/mol. The first-order valence-corrected chi connectivity index (χ1v) is 8.70. The van der Waals surface area contributed by atoms with Gasteiger partial charge in [-0.15, -0.1) is 0 Å². The fourth-order valence-electron chi connectivity index (χ4n) is 4.22. The molecule has 3 aliphatic rings. The lowest BCUT2D eigenvalue weighted by Gasteiger charge is -2.51. The number of rotatable bonds is 2. The van der Waals surface area contributed by atoms with Crippen LogP contribution in [0.25, 0.3) is 11.2 Å². The Bertz CT molecular complexity index is 735. The number of nitrogens with zero attached hydrogens (tertiary/aromatic N) is 4. The van der Waals surface area contributed by atoms with Crippen LogP contribution in [-0.2, 0) is 6.54 Å². The molecule has 0 aromatic carbocycles. The van der Waals surface area contributed by atoms with Gasteiger partial charge in [-0.05, 0) is 60.8 Å². The number of aryl methyl sites for hydroxylation is 1. The number of hydrogen-bond acceptors (Lipinski definition) is 4. The number of aromatic hydroxyl groups is 1. The van der Waals surface area contributed by atoms with Gasteiger partial charge in [-0.3, -0.25) is 4.57 Å². The molecule has 3 saturated heterocycles. The number of piperidine rings is 3. The van der Waals surface area contributed by atoms with Crippen molar-refractivity contribution in [3.05, 3.63) is 16.2 Å².